The van der Waals surface area contributed by atoms with Crippen LogP contribution in [0.3, 0.4) is 0 Å². The van der Waals surface area contributed by atoms with E-state index in [2.05, 4.69) is 4.90 Å². The molecule has 19 heavy (non-hydrogen) atoms. The number of benzene rings is 1. The van der Waals surface area contributed by atoms with Gasteiger partial charge in [0.25, 0.3) is 5.69 Å². The van der Waals surface area contributed by atoms with E-state index in [0.717, 1.165) is 18.7 Å². The average Bonchev–Trinajstić information content (AvgIpc) is 2.87. The van der Waals surface area contributed by atoms with E-state index >= 15 is 0 Å². The Balaban J connectivity index is 2.06. The zero-order valence-electron chi connectivity index (χ0n) is 11.1. The van der Waals surface area contributed by atoms with E-state index in [9.17, 15) is 14.9 Å². The third kappa shape index (κ3) is 2.83. The van der Waals surface area contributed by atoms with Crippen LogP contribution in [0.15, 0.2) is 24.3 Å². The largest absolute Gasteiger partial charge is 0.370 e. The molecule has 0 unspecified atom stereocenters. The summed E-state index contributed by atoms with van der Waals surface area (Å²) in [5.74, 6) is 0.0969. The zero-order chi connectivity index (χ0) is 14.0. The summed E-state index contributed by atoms with van der Waals surface area (Å²) < 4.78 is 0. The third-order valence-electron chi connectivity index (χ3n) is 3.62. The fourth-order valence-electron chi connectivity index (χ4n) is 2.36. The first-order valence-electron chi connectivity index (χ1n) is 6.22. The van der Waals surface area contributed by atoms with Crippen molar-refractivity contribution in [3.63, 3.8) is 0 Å². The summed E-state index contributed by atoms with van der Waals surface area (Å²) in [6.07, 6.45) is 0.924. The van der Waals surface area contributed by atoms with Gasteiger partial charge in [-0.3, -0.25) is 14.9 Å². The highest BCUT2D eigenvalue weighted by molar-refractivity contribution is 5.73. The normalized spacial score (nSPS) is 18.4. The SMILES string of the molecule is CC(=O)N1CC[C@H](N(C)c2ccc([N+](=O)[O-])cc2)C1. The van der Waals surface area contributed by atoms with Crippen LogP contribution in [0.4, 0.5) is 11.4 Å². The fraction of sp³-hybridized carbons (Fsp3) is 0.462. The van der Waals surface area contributed by atoms with Crippen molar-refractivity contribution in [1.29, 1.82) is 0 Å². The van der Waals surface area contributed by atoms with Crippen molar-refractivity contribution >= 4 is 17.3 Å². The molecule has 1 aromatic carbocycles. The summed E-state index contributed by atoms with van der Waals surface area (Å²) in [5.41, 5.74) is 1.02. The Labute approximate surface area is 111 Å². The van der Waals surface area contributed by atoms with Crippen LogP contribution >= 0.6 is 0 Å². The maximum atomic E-state index is 11.3. The predicted molar refractivity (Wildman–Crippen MR) is 72.2 cm³/mol. The van der Waals surface area contributed by atoms with Crippen LogP contribution in [0.1, 0.15) is 13.3 Å². The van der Waals surface area contributed by atoms with Gasteiger partial charge in [0.1, 0.15) is 0 Å². The van der Waals surface area contributed by atoms with Crippen molar-refractivity contribution in [3.05, 3.63) is 34.4 Å². The van der Waals surface area contributed by atoms with E-state index in [1.807, 2.05) is 11.9 Å². The van der Waals surface area contributed by atoms with Crippen molar-refractivity contribution in [2.75, 3.05) is 25.0 Å². The van der Waals surface area contributed by atoms with E-state index in [0.29, 0.717) is 6.54 Å². The molecule has 6 heteroatoms. The van der Waals surface area contributed by atoms with Crippen molar-refractivity contribution in [1.82, 2.24) is 4.90 Å². The zero-order valence-corrected chi connectivity index (χ0v) is 11.1. The topological polar surface area (TPSA) is 66.7 Å². The van der Waals surface area contributed by atoms with E-state index < -0.39 is 4.92 Å². The Morgan fingerprint density at radius 2 is 2.05 bits per heavy atom. The lowest BCUT2D eigenvalue weighted by Gasteiger charge is -2.26. The third-order valence-corrected chi connectivity index (χ3v) is 3.62. The van der Waals surface area contributed by atoms with Gasteiger partial charge in [0.05, 0.1) is 4.92 Å². The number of likely N-dealkylation sites (N-methyl/N-ethyl adjacent to an activating group) is 1. The van der Waals surface area contributed by atoms with Gasteiger partial charge in [0.2, 0.25) is 5.91 Å². The van der Waals surface area contributed by atoms with Crippen molar-refractivity contribution < 1.29 is 9.72 Å². The number of likely N-dealkylation sites (tertiary alicyclic amines) is 1. The molecule has 2 rings (SSSR count). The monoisotopic (exact) mass is 263 g/mol. The first-order valence-corrected chi connectivity index (χ1v) is 6.22. The molecule has 0 N–H and O–H groups in total. The van der Waals surface area contributed by atoms with E-state index in [-0.39, 0.29) is 17.6 Å². The molecule has 1 aromatic rings. The lowest BCUT2D eigenvalue weighted by molar-refractivity contribution is -0.384. The number of non-ortho nitro benzene ring substituents is 1. The second kappa shape index (κ2) is 5.26. The van der Waals surface area contributed by atoms with E-state index in [1.165, 1.54) is 12.1 Å². The molecule has 1 saturated heterocycles. The quantitative estimate of drug-likeness (QED) is 0.614. The average molecular weight is 263 g/mol. The lowest BCUT2D eigenvalue weighted by atomic mass is 10.2. The second-order valence-electron chi connectivity index (χ2n) is 4.79. The van der Waals surface area contributed by atoms with E-state index in [1.54, 1.807) is 19.1 Å². The highest BCUT2D eigenvalue weighted by atomic mass is 16.6. The molecule has 0 aromatic heterocycles. The number of carbonyl (C=O) groups excluding carboxylic acids is 1. The summed E-state index contributed by atoms with van der Waals surface area (Å²) in [6, 6.07) is 6.77. The Morgan fingerprint density at radius 3 is 2.53 bits per heavy atom. The van der Waals surface area contributed by atoms with Crippen molar-refractivity contribution in [2.45, 2.75) is 19.4 Å². The molecule has 0 radical (unpaired) electrons. The Hall–Kier alpha value is -2.11. The summed E-state index contributed by atoms with van der Waals surface area (Å²) in [7, 11) is 1.95. The summed E-state index contributed by atoms with van der Waals surface area (Å²) in [6.45, 7) is 3.06. The standard InChI is InChI=1S/C13H17N3O3/c1-10(17)15-8-7-13(9-15)14(2)11-3-5-12(6-4-11)16(18)19/h3-6,13H,7-9H2,1-2H3/t13-/m0/s1. The van der Waals surface area contributed by atoms with Crippen LogP contribution in [0, 0.1) is 10.1 Å². The van der Waals surface area contributed by atoms with Gasteiger partial charge in [-0.1, -0.05) is 0 Å². The molecule has 1 aliphatic heterocycles. The van der Waals surface area contributed by atoms with Crippen LogP contribution in [-0.2, 0) is 4.79 Å². The Bertz CT molecular complexity index is 486. The second-order valence-corrected chi connectivity index (χ2v) is 4.79. The molecule has 1 atom stereocenters. The van der Waals surface area contributed by atoms with Crippen LogP contribution in [-0.4, -0.2) is 41.9 Å². The lowest BCUT2D eigenvalue weighted by Crippen LogP contribution is -2.35. The van der Waals surface area contributed by atoms with Crippen LogP contribution < -0.4 is 4.90 Å². The molecule has 0 bridgehead atoms. The van der Waals surface area contributed by atoms with Gasteiger partial charge in [0, 0.05) is 50.9 Å². The number of anilines is 1. The predicted octanol–water partition coefficient (Wildman–Crippen LogP) is 1.65. The van der Waals surface area contributed by atoms with Gasteiger partial charge >= 0.3 is 0 Å². The fourth-order valence-corrected chi connectivity index (χ4v) is 2.36. The van der Waals surface area contributed by atoms with Gasteiger partial charge in [-0.05, 0) is 18.6 Å². The van der Waals surface area contributed by atoms with Crippen LogP contribution in [0.5, 0.6) is 0 Å². The molecule has 0 aliphatic carbocycles. The summed E-state index contributed by atoms with van der Waals surface area (Å²) >= 11 is 0. The first-order chi connectivity index (χ1) is 8.99. The number of hydrogen-bond donors (Lipinski definition) is 0. The molecule has 6 nitrogen and oxygen atoms in total. The minimum absolute atomic E-state index is 0.0916. The summed E-state index contributed by atoms with van der Waals surface area (Å²) in [4.78, 5) is 25.4. The highest BCUT2D eigenvalue weighted by Crippen LogP contribution is 2.23. The van der Waals surface area contributed by atoms with Crippen molar-refractivity contribution in [2.24, 2.45) is 0 Å². The molecular weight excluding hydrogens is 246 g/mol. The number of rotatable bonds is 3. The van der Waals surface area contributed by atoms with Gasteiger partial charge in [-0.25, -0.2) is 0 Å². The highest BCUT2D eigenvalue weighted by Gasteiger charge is 2.27. The number of nitro benzene ring substituents is 1. The molecular formula is C13H17N3O3. The van der Waals surface area contributed by atoms with Gasteiger partial charge in [0.15, 0.2) is 0 Å². The first kappa shape index (κ1) is 13.3. The molecule has 1 fully saturated rings. The number of carbonyl (C=O) groups is 1. The van der Waals surface area contributed by atoms with Gasteiger partial charge in [-0.2, -0.15) is 0 Å². The Morgan fingerprint density at radius 1 is 1.42 bits per heavy atom. The van der Waals surface area contributed by atoms with Crippen LogP contribution in [0.25, 0.3) is 0 Å². The number of hydrogen-bond acceptors (Lipinski definition) is 4. The maximum Gasteiger partial charge on any atom is 0.269 e. The molecule has 0 saturated carbocycles. The molecule has 0 spiro atoms. The smallest absolute Gasteiger partial charge is 0.269 e. The molecule has 1 heterocycles. The maximum absolute atomic E-state index is 11.3. The minimum Gasteiger partial charge on any atom is -0.370 e. The van der Waals surface area contributed by atoms with Crippen LogP contribution in [0.2, 0.25) is 0 Å². The van der Waals surface area contributed by atoms with E-state index in [4.69, 9.17) is 0 Å². The molecule has 1 aliphatic rings. The Kier molecular flexibility index (Phi) is 3.69. The number of amides is 1. The van der Waals surface area contributed by atoms with Crippen molar-refractivity contribution in [3.8, 4) is 0 Å². The van der Waals surface area contributed by atoms with Gasteiger partial charge < -0.3 is 9.80 Å². The minimum atomic E-state index is -0.406. The summed E-state index contributed by atoms with van der Waals surface area (Å²) in [5, 5.41) is 10.6. The molecule has 102 valence electrons. The van der Waals surface area contributed by atoms with Gasteiger partial charge in [-0.15, -0.1) is 0 Å². The molecule has 1 amide bonds. The number of nitrogens with zero attached hydrogens (tertiary/aromatic N) is 3. The number of nitro groups is 1.